The van der Waals surface area contributed by atoms with Crippen LogP contribution in [0.4, 0.5) is 8.78 Å². The van der Waals surface area contributed by atoms with Crippen molar-refractivity contribution in [3.05, 3.63) is 0 Å². The molecule has 5 nitrogen and oxygen atoms in total. The predicted molar refractivity (Wildman–Crippen MR) is 159 cm³/mol. The molecule has 4 aliphatic rings. The molecule has 0 radical (unpaired) electrons. The van der Waals surface area contributed by atoms with Gasteiger partial charge in [-0.05, 0) is 115 Å². The normalized spacial score (nSPS) is 24.1. The lowest BCUT2D eigenvalue weighted by Gasteiger charge is -2.47. The molecule has 0 aromatic carbocycles. The van der Waals surface area contributed by atoms with E-state index in [-0.39, 0.29) is 18.6 Å². The molecule has 7 heteroatoms. The van der Waals surface area contributed by atoms with Crippen molar-refractivity contribution in [3.63, 3.8) is 0 Å². The van der Waals surface area contributed by atoms with Gasteiger partial charge in [0.15, 0.2) is 0 Å². The molecule has 0 atom stereocenters. The van der Waals surface area contributed by atoms with Crippen molar-refractivity contribution in [2.45, 2.75) is 131 Å². The molecule has 228 valence electrons. The second-order valence-corrected chi connectivity index (χ2v) is 15.7. The first kappa shape index (κ1) is 35.7. The van der Waals surface area contributed by atoms with E-state index in [9.17, 15) is 8.78 Å². The average molecular weight is 547 g/mol. The number of likely N-dealkylation sites (tertiary alicyclic amines) is 3. The lowest BCUT2D eigenvalue weighted by Crippen LogP contribution is -2.62. The fourth-order valence-corrected chi connectivity index (χ4v) is 4.86. The number of halogens is 2. The Balaban J connectivity index is 0.000000254. The number of morpholine rings is 1. The Morgan fingerprint density at radius 1 is 0.553 bits per heavy atom. The monoisotopic (exact) mass is 547 g/mol. The quantitative estimate of drug-likeness (QED) is 0.346. The number of rotatable bonds is 0. The Labute approximate surface area is 235 Å². The van der Waals surface area contributed by atoms with Crippen LogP contribution in [0.1, 0.15) is 103 Å². The molecule has 0 spiro atoms. The molecule has 0 unspecified atom stereocenters. The molecule has 38 heavy (non-hydrogen) atoms. The van der Waals surface area contributed by atoms with Crippen molar-refractivity contribution in [1.29, 1.82) is 0 Å². The summed E-state index contributed by atoms with van der Waals surface area (Å²) < 4.78 is 29.8. The summed E-state index contributed by atoms with van der Waals surface area (Å²) in [6.45, 7) is 37.6. The van der Waals surface area contributed by atoms with E-state index in [1.54, 1.807) is 4.90 Å². The zero-order valence-corrected chi connectivity index (χ0v) is 27.5. The van der Waals surface area contributed by atoms with Crippen molar-refractivity contribution in [2.75, 3.05) is 65.6 Å². The average Bonchev–Trinajstić information content (AvgIpc) is 3.25. The maximum atomic E-state index is 12.3. The Morgan fingerprint density at radius 3 is 1.08 bits per heavy atom. The number of alkyl halides is 2. The molecule has 0 amide bonds. The number of ether oxygens (including phenoxy) is 1. The first-order valence-electron chi connectivity index (χ1n) is 15.0. The third kappa shape index (κ3) is 13.3. The number of nitrogens with zero attached hydrogens (tertiary/aromatic N) is 4. The van der Waals surface area contributed by atoms with E-state index in [2.05, 4.69) is 83.9 Å². The molecule has 4 saturated heterocycles. The van der Waals surface area contributed by atoms with Gasteiger partial charge in [-0.1, -0.05) is 6.92 Å². The highest BCUT2D eigenvalue weighted by molar-refractivity contribution is 4.93. The zero-order chi connectivity index (χ0) is 29.6. The minimum atomic E-state index is -2.42. The minimum absolute atomic E-state index is 0.0729. The van der Waals surface area contributed by atoms with E-state index >= 15 is 0 Å². The highest BCUT2D eigenvalue weighted by atomic mass is 19.3. The lowest BCUT2D eigenvalue weighted by molar-refractivity contribution is -0.160. The molecule has 0 aromatic heterocycles. The van der Waals surface area contributed by atoms with Gasteiger partial charge in [-0.25, -0.2) is 8.78 Å². The smallest absolute Gasteiger partial charge is 0.272 e. The van der Waals surface area contributed by atoms with Gasteiger partial charge in [0.25, 0.3) is 5.92 Å². The van der Waals surface area contributed by atoms with Crippen molar-refractivity contribution in [3.8, 4) is 0 Å². The topological polar surface area (TPSA) is 22.2 Å². The summed E-state index contributed by atoms with van der Waals surface area (Å²) in [7, 11) is 0. The van der Waals surface area contributed by atoms with Crippen LogP contribution in [0.2, 0.25) is 0 Å². The van der Waals surface area contributed by atoms with Gasteiger partial charge in [0.05, 0.1) is 26.3 Å². The molecule has 0 saturated carbocycles. The molecule has 4 fully saturated rings. The van der Waals surface area contributed by atoms with Crippen LogP contribution in [0, 0.1) is 5.92 Å². The molecule has 4 heterocycles. The van der Waals surface area contributed by atoms with Crippen LogP contribution in [-0.2, 0) is 4.74 Å². The minimum Gasteiger partial charge on any atom is -0.379 e. The number of hydrogen-bond donors (Lipinski definition) is 0. The van der Waals surface area contributed by atoms with Gasteiger partial charge in [0.1, 0.15) is 0 Å². The van der Waals surface area contributed by atoms with Crippen LogP contribution in [0.3, 0.4) is 0 Å². The summed E-state index contributed by atoms with van der Waals surface area (Å²) in [6, 6.07) is 0. The van der Waals surface area contributed by atoms with Gasteiger partial charge in [0, 0.05) is 48.3 Å². The molecular formula is C31H64F2N4O. The Hall–Kier alpha value is -0.340. The zero-order valence-electron chi connectivity index (χ0n) is 27.5. The largest absolute Gasteiger partial charge is 0.379 e. The standard InChI is InChI=1S/C8H17NO.2C8H17N.C7H13F2N/c1-8(2,3)9-4-6-10-7-5-9;1-7-5-9(6-7)8(2,3)4;1-8(2,3)9-6-4-5-7-9;1-6(2,3)10-4-7(8,9)5-10/h4-7H2,1-3H3;7H,5-6H2,1-4H3;4-7H2,1-3H3;4-5H2,1-3H3. The van der Waals surface area contributed by atoms with E-state index in [4.69, 9.17) is 4.74 Å². The fraction of sp³-hybridized carbons (Fsp3) is 1.00. The van der Waals surface area contributed by atoms with Crippen molar-refractivity contribution >= 4 is 0 Å². The molecule has 0 N–H and O–H groups in total. The highest BCUT2D eigenvalue weighted by Crippen LogP contribution is 2.32. The van der Waals surface area contributed by atoms with Gasteiger partial charge >= 0.3 is 0 Å². The van der Waals surface area contributed by atoms with Crippen LogP contribution < -0.4 is 0 Å². The third-order valence-corrected chi connectivity index (χ3v) is 7.82. The summed E-state index contributed by atoms with van der Waals surface area (Å²) >= 11 is 0. The van der Waals surface area contributed by atoms with Gasteiger partial charge < -0.3 is 4.74 Å². The van der Waals surface area contributed by atoms with Gasteiger partial charge in [-0.2, -0.15) is 0 Å². The third-order valence-electron chi connectivity index (χ3n) is 7.82. The van der Waals surface area contributed by atoms with E-state index in [0.717, 1.165) is 32.2 Å². The summed E-state index contributed by atoms with van der Waals surface area (Å²) in [5, 5.41) is 0. The van der Waals surface area contributed by atoms with E-state index in [1.165, 1.54) is 39.0 Å². The van der Waals surface area contributed by atoms with E-state index in [0.29, 0.717) is 16.6 Å². The molecule has 4 aliphatic heterocycles. The summed E-state index contributed by atoms with van der Waals surface area (Å²) in [4.78, 5) is 9.29. The molecule has 0 aliphatic carbocycles. The van der Waals surface area contributed by atoms with Crippen LogP contribution in [0.5, 0.6) is 0 Å². The van der Waals surface area contributed by atoms with Crippen LogP contribution >= 0.6 is 0 Å². The maximum absolute atomic E-state index is 12.3. The van der Waals surface area contributed by atoms with Crippen molar-refractivity contribution in [2.24, 2.45) is 5.92 Å². The summed E-state index contributed by atoms with van der Waals surface area (Å²) in [5.41, 5.74) is 1.05. The fourth-order valence-electron chi connectivity index (χ4n) is 4.86. The number of hydrogen-bond acceptors (Lipinski definition) is 5. The van der Waals surface area contributed by atoms with Crippen LogP contribution in [-0.4, -0.2) is 113 Å². The van der Waals surface area contributed by atoms with Gasteiger partial charge in [0.2, 0.25) is 0 Å². The molecule has 4 rings (SSSR count). The molecule has 0 aromatic rings. The van der Waals surface area contributed by atoms with Crippen molar-refractivity contribution < 1.29 is 13.5 Å². The lowest BCUT2D eigenvalue weighted by atomic mass is 9.94. The van der Waals surface area contributed by atoms with E-state index < -0.39 is 5.92 Å². The summed E-state index contributed by atoms with van der Waals surface area (Å²) in [5.74, 6) is -1.49. The second kappa shape index (κ2) is 14.0. The first-order chi connectivity index (χ1) is 17.0. The summed E-state index contributed by atoms with van der Waals surface area (Å²) in [6.07, 6.45) is 2.80. The Bertz CT molecular complexity index is 647. The first-order valence-corrected chi connectivity index (χ1v) is 15.0. The second-order valence-electron chi connectivity index (χ2n) is 15.7. The van der Waals surface area contributed by atoms with Crippen molar-refractivity contribution in [1.82, 2.24) is 19.6 Å². The predicted octanol–water partition coefficient (Wildman–Crippen LogP) is 6.47. The molecule has 0 bridgehead atoms. The Kier molecular flexibility index (Phi) is 13.2. The highest BCUT2D eigenvalue weighted by Gasteiger charge is 2.47. The maximum Gasteiger partial charge on any atom is 0.272 e. The van der Waals surface area contributed by atoms with Crippen LogP contribution in [0.25, 0.3) is 0 Å². The van der Waals surface area contributed by atoms with Crippen LogP contribution in [0.15, 0.2) is 0 Å². The Morgan fingerprint density at radius 2 is 0.895 bits per heavy atom. The van der Waals surface area contributed by atoms with Gasteiger partial charge in [-0.15, -0.1) is 0 Å². The van der Waals surface area contributed by atoms with Gasteiger partial charge in [-0.3, -0.25) is 19.6 Å². The SMILES string of the molecule is CC(C)(C)N1CC(F)(F)C1.CC(C)(C)N1CCCC1.CC(C)(C)N1CCOCC1.CC1CN(C(C)(C)C)C1. The molecular weight excluding hydrogens is 482 g/mol. The van der Waals surface area contributed by atoms with E-state index in [1.807, 2.05) is 20.8 Å².